The smallest absolute Gasteiger partial charge is 0.264 e. The first-order chi connectivity index (χ1) is 18.3. The lowest BCUT2D eigenvalue weighted by molar-refractivity contribution is 0.0983. The Balaban J connectivity index is 1.49. The minimum absolute atomic E-state index is 0.0996. The fourth-order valence-electron chi connectivity index (χ4n) is 4.18. The number of para-hydroxylation sites is 1. The summed E-state index contributed by atoms with van der Waals surface area (Å²) in [7, 11) is -3.82. The highest BCUT2D eigenvalue weighted by molar-refractivity contribution is 7.92. The molecule has 2 aromatic heterocycles. The second-order valence-corrected chi connectivity index (χ2v) is 11.9. The number of hydrogen-bond acceptors (Lipinski definition) is 6. The van der Waals surface area contributed by atoms with Crippen molar-refractivity contribution in [2.75, 3.05) is 15.7 Å². The van der Waals surface area contributed by atoms with Crippen LogP contribution in [-0.2, 0) is 16.6 Å². The molecule has 0 spiro atoms. The quantitative estimate of drug-likeness (QED) is 0.204. The molecule has 1 amide bonds. The highest BCUT2D eigenvalue weighted by atomic mass is 35.5. The normalized spacial score (nSPS) is 11.6. The molecule has 3 aromatic carbocycles. The maximum atomic E-state index is 13.7. The van der Waals surface area contributed by atoms with Gasteiger partial charge in [0.1, 0.15) is 5.76 Å². The Hall–Kier alpha value is -3.66. The number of anilines is 2. The average Bonchev–Trinajstić information content (AvgIpc) is 3.58. The molecule has 0 aliphatic rings. The molecule has 2 heterocycles. The Morgan fingerprint density at radius 2 is 1.76 bits per heavy atom. The summed E-state index contributed by atoms with van der Waals surface area (Å²) in [6.45, 7) is 4.13. The zero-order chi connectivity index (χ0) is 26.9. The summed E-state index contributed by atoms with van der Waals surface area (Å²) in [5.41, 5.74) is 2.58. The largest absolute Gasteiger partial charge is 0.467 e. The van der Waals surface area contributed by atoms with Gasteiger partial charge in [0.2, 0.25) is 0 Å². The van der Waals surface area contributed by atoms with Gasteiger partial charge in [-0.3, -0.25) is 14.0 Å². The predicted molar refractivity (Wildman–Crippen MR) is 152 cm³/mol. The minimum atomic E-state index is -3.82. The van der Waals surface area contributed by atoms with Crippen LogP contribution >= 0.6 is 22.9 Å². The lowest BCUT2D eigenvalue weighted by Gasteiger charge is -2.23. The van der Waals surface area contributed by atoms with E-state index in [1.807, 2.05) is 25.1 Å². The van der Waals surface area contributed by atoms with Crippen LogP contribution in [-0.4, -0.2) is 25.9 Å². The molecule has 0 bridgehead atoms. The number of sulfonamides is 1. The number of amides is 1. The van der Waals surface area contributed by atoms with Gasteiger partial charge in [-0.25, -0.2) is 13.4 Å². The number of halogens is 1. The third-order valence-electron chi connectivity index (χ3n) is 6.03. The molecule has 0 atom stereocenters. The fraction of sp³-hybridized carbons (Fsp3) is 0.143. The number of thiazole rings is 1. The van der Waals surface area contributed by atoms with E-state index in [1.54, 1.807) is 49.6 Å². The van der Waals surface area contributed by atoms with Crippen LogP contribution in [0, 0.1) is 6.92 Å². The van der Waals surface area contributed by atoms with Gasteiger partial charge < -0.3 is 4.42 Å². The van der Waals surface area contributed by atoms with E-state index >= 15 is 0 Å². The number of nitrogens with zero attached hydrogens (tertiary/aromatic N) is 3. The van der Waals surface area contributed by atoms with Gasteiger partial charge >= 0.3 is 0 Å². The summed E-state index contributed by atoms with van der Waals surface area (Å²) in [6, 6.07) is 22.1. The standard InChI is InChI=1S/C28H24ClN3O4S2/c1-3-32(22-8-5-4-6-9-22)38(34,35)24-13-11-20(12-14-24)27(33)31(18-23-10-7-15-36-23)28-30-26-19(2)16-21(29)17-25(26)37-28/h4-17H,3,18H2,1-2H3. The van der Waals surface area contributed by atoms with E-state index in [0.717, 1.165) is 15.8 Å². The summed E-state index contributed by atoms with van der Waals surface area (Å²) < 4.78 is 34.4. The van der Waals surface area contributed by atoms with Crippen LogP contribution in [0.15, 0.2) is 94.4 Å². The molecular formula is C28H24ClN3O4S2. The van der Waals surface area contributed by atoms with E-state index in [4.69, 9.17) is 21.0 Å². The van der Waals surface area contributed by atoms with Crippen molar-refractivity contribution in [1.82, 2.24) is 4.98 Å². The zero-order valence-corrected chi connectivity index (χ0v) is 23.1. The summed E-state index contributed by atoms with van der Waals surface area (Å²) in [4.78, 5) is 20.1. The molecular weight excluding hydrogens is 542 g/mol. The fourth-order valence-corrected chi connectivity index (χ4v) is 7.07. The Bertz CT molecular complexity index is 1680. The first kappa shape index (κ1) is 26.0. The van der Waals surface area contributed by atoms with Gasteiger partial charge in [-0.15, -0.1) is 0 Å². The Kier molecular flexibility index (Phi) is 7.25. The third kappa shape index (κ3) is 5.05. The van der Waals surface area contributed by atoms with Gasteiger partial charge in [0.05, 0.1) is 33.6 Å². The maximum Gasteiger partial charge on any atom is 0.264 e. The molecule has 7 nitrogen and oxygen atoms in total. The van der Waals surface area contributed by atoms with Gasteiger partial charge in [0.25, 0.3) is 15.9 Å². The van der Waals surface area contributed by atoms with Gasteiger partial charge in [0, 0.05) is 17.1 Å². The van der Waals surface area contributed by atoms with Crippen LogP contribution in [0.4, 0.5) is 10.8 Å². The first-order valence-electron chi connectivity index (χ1n) is 11.9. The van der Waals surface area contributed by atoms with Crippen molar-refractivity contribution in [1.29, 1.82) is 0 Å². The average molecular weight is 566 g/mol. The first-order valence-corrected chi connectivity index (χ1v) is 14.5. The van der Waals surface area contributed by atoms with Crippen LogP contribution in [0.5, 0.6) is 0 Å². The molecule has 0 unspecified atom stereocenters. The van der Waals surface area contributed by atoms with Crippen molar-refractivity contribution >= 4 is 59.9 Å². The van der Waals surface area contributed by atoms with E-state index in [9.17, 15) is 13.2 Å². The highest BCUT2D eigenvalue weighted by Crippen LogP contribution is 2.34. The van der Waals surface area contributed by atoms with Gasteiger partial charge in [0.15, 0.2) is 5.13 Å². The van der Waals surface area contributed by atoms with Crippen molar-refractivity contribution < 1.29 is 17.6 Å². The van der Waals surface area contributed by atoms with Crippen molar-refractivity contribution in [3.8, 4) is 0 Å². The minimum Gasteiger partial charge on any atom is -0.467 e. The SMILES string of the molecule is CCN(c1ccccc1)S(=O)(=O)c1ccc(C(=O)N(Cc2ccco2)c2nc3c(C)cc(Cl)cc3s2)cc1. The van der Waals surface area contributed by atoms with Crippen molar-refractivity contribution in [3.05, 3.63) is 107 Å². The summed E-state index contributed by atoms with van der Waals surface area (Å²) in [5.74, 6) is 0.261. The molecule has 194 valence electrons. The summed E-state index contributed by atoms with van der Waals surface area (Å²) in [6.07, 6.45) is 1.55. The Morgan fingerprint density at radius 3 is 2.42 bits per heavy atom. The van der Waals surface area contributed by atoms with Gasteiger partial charge in [-0.2, -0.15) is 0 Å². The molecule has 10 heteroatoms. The Morgan fingerprint density at radius 1 is 1.03 bits per heavy atom. The highest BCUT2D eigenvalue weighted by Gasteiger charge is 2.26. The zero-order valence-electron chi connectivity index (χ0n) is 20.7. The monoisotopic (exact) mass is 565 g/mol. The van der Waals surface area contributed by atoms with E-state index in [-0.39, 0.29) is 23.9 Å². The second-order valence-electron chi connectivity index (χ2n) is 8.57. The Labute approximate surface area is 230 Å². The molecule has 5 aromatic rings. The van der Waals surface area contributed by atoms with Gasteiger partial charge in [-0.1, -0.05) is 41.1 Å². The molecule has 0 radical (unpaired) electrons. The topological polar surface area (TPSA) is 83.7 Å². The number of aryl methyl sites for hydroxylation is 1. The number of carbonyl (C=O) groups excluding carboxylic acids is 1. The molecule has 0 aliphatic heterocycles. The van der Waals surface area contributed by atoms with Crippen molar-refractivity contribution in [2.45, 2.75) is 25.3 Å². The van der Waals surface area contributed by atoms with Crippen molar-refractivity contribution in [3.63, 3.8) is 0 Å². The number of benzene rings is 3. The number of hydrogen-bond donors (Lipinski definition) is 0. The van der Waals surface area contributed by atoms with E-state index in [2.05, 4.69) is 0 Å². The molecule has 0 fully saturated rings. The second kappa shape index (κ2) is 10.6. The molecule has 5 rings (SSSR count). The summed E-state index contributed by atoms with van der Waals surface area (Å²) in [5, 5.41) is 1.09. The third-order valence-corrected chi connectivity index (χ3v) is 9.19. The predicted octanol–water partition coefficient (Wildman–Crippen LogP) is 6.91. The van der Waals surface area contributed by atoms with E-state index < -0.39 is 10.0 Å². The molecule has 0 aliphatic carbocycles. The number of fused-ring (bicyclic) bond motifs is 1. The van der Waals surface area contributed by atoms with Crippen LogP contribution in [0.2, 0.25) is 5.02 Å². The van der Waals surface area contributed by atoms with Crippen LogP contribution < -0.4 is 9.21 Å². The number of furan rings is 1. The van der Waals surface area contributed by atoms with Crippen molar-refractivity contribution in [2.24, 2.45) is 0 Å². The van der Waals surface area contributed by atoms with Crippen LogP contribution in [0.25, 0.3) is 10.2 Å². The number of rotatable bonds is 8. The van der Waals surface area contributed by atoms with Gasteiger partial charge in [-0.05, 0) is 80.1 Å². The molecule has 0 N–H and O–H groups in total. The lowest BCUT2D eigenvalue weighted by atomic mass is 10.2. The van der Waals surface area contributed by atoms with E-state index in [1.165, 1.54) is 44.8 Å². The molecule has 0 saturated carbocycles. The lowest BCUT2D eigenvalue weighted by Crippen LogP contribution is -2.31. The molecule has 38 heavy (non-hydrogen) atoms. The van der Waals surface area contributed by atoms with E-state index in [0.29, 0.717) is 27.2 Å². The van der Waals surface area contributed by atoms with Crippen LogP contribution in [0.1, 0.15) is 28.6 Å². The summed E-state index contributed by atoms with van der Waals surface area (Å²) >= 11 is 7.60. The molecule has 0 saturated heterocycles. The number of carbonyl (C=O) groups is 1. The van der Waals surface area contributed by atoms with Crippen LogP contribution in [0.3, 0.4) is 0 Å². The maximum absolute atomic E-state index is 13.7. The number of aromatic nitrogens is 1.